The van der Waals surface area contributed by atoms with Crippen molar-refractivity contribution < 1.29 is 14.3 Å². The lowest BCUT2D eigenvalue weighted by molar-refractivity contribution is -0.133. The van der Waals surface area contributed by atoms with E-state index in [0.717, 1.165) is 12.0 Å². The van der Waals surface area contributed by atoms with Gasteiger partial charge < -0.3 is 14.5 Å². The molecule has 0 bridgehead atoms. The monoisotopic (exact) mass is 404 g/mol. The number of carbonyl (C=O) groups is 2. The number of methoxy groups -OCH3 is 1. The number of likely N-dealkylation sites (tertiary alicyclic amines) is 1. The summed E-state index contributed by atoms with van der Waals surface area (Å²) in [6.45, 7) is 2.97. The standard InChI is InChI=1S/C20H25ClN4O3/c1-13(14-5-7-15(21)8-6-14)19(26)24(3)16-9-10-25(11-16)20(27)17-12-23(2)22-18(17)28-4/h5-8,12-13,16H,9-11H2,1-4H3. The first-order valence-corrected chi connectivity index (χ1v) is 9.58. The predicted molar refractivity (Wildman–Crippen MR) is 107 cm³/mol. The van der Waals surface area contributed by atoms with Crippen molar-refractivity contribution in [2.45, 2.75) is 25.3 Å². The van der Waals surface area contributed by atoms with Gasteiger partial charge in [-0.2, -0.15) is 0 Å². The van der Waals surface area contributed by atoms with Crippen molar-refractivity contribution in [1.82, 2.24) is 19.6 Å². The molecule has 2 unspecified atom stereocenters. The second kappa shape index (κ2) is 8.22. The molecule has 8 heteroatoms. The first kappa shape index (κ1) is 20.2. The Morgan fingerprint density at radius 2 is 2.00 bits per heavy atom. The molecule has 1 aromatic carbocycles. The Morgan fingerprint density at radius 1 is 1.32 bits per heavy atom. The predicted octanol–water partition coefficient (Wildman–Crippen LogP) is 2.56. The molecule has 1 aliphatic rings. The molecule has 0 saturated carbocycles. The number of amides is 2. The van der Waals surface area contributed by atoms with Crippen molar-refractivity contribution in [3.63, 3.8) is 0 Å². The highest BCUT2D eigenvalue weighted by Crippen LogP contribution is 2.25. The van der Waals surface area contributed by atoms with Crippen molar-refractivity contribution in [2.75, 3.05) is 27.2 Å². The zero-order valence-corrected chi connectivity index (χ0v) is 17.3. The fraction of sp³-hybridized carbons (Fsp3) is 0.450. The highest BCUT2D eigenvalue weighted by molar-refractivity contribution is 6.30. The molecule has 0 radical (unpaired) electrons. The molecule has 3 rings (SSSR count). The van der Waals surface area contributed by atoms with Gasteiger partial charge in [0.1, 0.15) is 5.56 Å². The number of nitrogens with zero attached hydrogens (tertiary/aromatic N) is 4. The number of benzene rings is 1. The lowest BCUT2D eigenvalue weighted by Gasteiger charge is -2.27. The van der Waals surface area contributed by atoms with E-state index >= 15 is 0 Å². The van der Waals surface area contributed by atoms with Gasteiger partial charge >= 0.3 is 0 Å². The zero-order valence-electron chi connectivity index (χ0n) is 16.6. The Balaban J connectivity index is 1.66. The van der Waals surface area contributed by atoms with Crippen LogP contribution in [0.15, 0.2) is 30.5 Å². The summed E-state index contributed by atoms with van der Waals surface area (Å²) in [6, 6.07) is 7.31. The van der Waals surface area contributed by atoms with Crippen LogP contribution < -0.4 is 4.74 Å². The smallest absolute Gasteiger partial charge is 0.261 e. The van der Waals surface area contributed by atoms with E-state index in [0.29, 0.717) is 29.6 Å². The average Bonchev–Trinajstić information content (AvgIpc) is 3.33. The summed E-state index contributed by atoms with van der Waals surface area (Å²) >= 11 is 5.93. The third kappa shape index (κ3) is 3.99. The molecule has 2 atom stereocenters. The fourth-order valence-electron chi connectivity index (χ4n) is 3.56. The Bertz CT molecular complexity index is 865. The molecule has 2 aromatic rings. The van der Waals surface area contributed by atoms with Crippen LogP contribution >= 0.6 is 11.6 Å². The molecule has 2 heterocycles. The van der Waals surface area contributed by atoms with Crippen molar-refractivity contribution in [2.24, 2.45) is 7.05 Å². The lowest BCUT2D eigenvalue weighted by atomic mass is 9.99. The molecule has 2 amide bonds. The van der Waals surface area contributed by atoms with Gasteiger partial charge in [0, 0.05) is 38.4 Å². The summed E-state index contributed by atoms with van der Waals surface area (Å²) in [6.07, 6.45) is 2.40. The van der Waals surface area contributed by atoms with Gasteiger partial charge in [-0.05, 0) is 31.0 Å². The minimum Gasteiger partial charge on any atom is -0.479 e. The minimum absolute atomic E-state index is 0.0196. The highest BCUT2D eigenvalue weighted by Gasteiger charge is 2.34. The summed E-state index contributed by atoms with van der Waals surface area (Å²) in [5.41, 5.74) is 1.36. The Morgan fingerprint density at radius 3 is 2.64 bits per heavy atom. The largest absolute Gasteiger partial charge is 0.479 e. The second-order valence-electron chi connectivity index (χ2n) is 7.14. The number of likely N-dealkylation sites (N-methyl/N-ethyl adjacent to an activating group) is 1. The van der Waals surface area contributed by atoms with E-state index in [-0.39, 0.29) is 23.8 Å². The lowest BCUT2D eigenvalue weighted by Crippen LogP contribution is -2.41. The van der Waals surface area contributed by atoms with Gasteiger partial charge in [0.25, 0.3) is 5.91 Å². The van der Waals surface area contributed by atoms with Crippen LogP contribution in [0.4, 0.5) is 0 Å². The Kier molecular flexibility index (Phi) is 5.93. The van der Waals surface area contributed by atoms with Crippen LogP contribution in [0.3, 0.4) is 0 Å². The number of carbonyl (C=O) groups excluding carboxylic acids is 2. The molecule has 0 aliphatic carbocycles. The Labute approximate surface area is 169 Å². The molecule has 1 aromatic heterocycles. The van der Waals surface area contributed by atoms with Gasteiger partial charge in [-0.3, -0.25) is 14.3 Å². The van der Waals surface area contributed by atoms with Gasteiger partial charge in [0.15, 0.2) is 0 Å². The molecule has 150 valence electrons. The summed E-state index contributed by atoms with van der Waals surface area (Å²) in [7, 11) is 5.05. The van der Waals surface area contributed by atoms with Crippen molar-refractivity contribution in [3.8, 4) is 5.88 Å². The molecular formula is C20H25ClN4O3. The maximum atomic E-state index is 12.9. The first-order valence-electron chi connectivity index (χ1n) is 9.20. The first-order chi connectivity index (χ1) is 13.3. The summed E-state index contributed by atoms with van der Waals surface area (Å²) in [4.78, 5) is 29.3. The summed E-state index contributed by atoms with van der Waals surface area (Å²) < 4.78 is 6.75. The van der Waals surface area contributed by atoms with Crippen LogP contribution in [0, 0.1) is 0 Å². The van der Waals surface area contributed by atoms with E-state index in [2.05, 4.69) is 5.10 Å². The van der Waals surface area contributed by atoms with Crippen LogP contribution in [0.1, 0.15) is 35.2 Å². The quantitative estimate of drug-likeness (QED) is 0.768. The molecule has 1 fully saturated rings. The van der Waals surface area contributed by atoms with Gasteiger partial charge in [0.2, 0.25) is 11.8 Å². The van der Waals surface area contributed by atoms with Gasteiger partial charge in [-0.15, -0.1) is 5.10 Å². The van der Waals surface area contributed by atoms with Crippen molar-refractivity contribution >= 4 is 23.4 Å². The van der Waals surface area contributed by atoms with E-state index in [1.807, 2.05) is 19.1 Å². The maximum Gasteiger partial charge on any atom is 0.261 e. The summed E-state index contributed by atoms with van der Waals surface area (Å²) in [5.74, 6) is -0.0539. The molecule has 1 aliphatic heterocycles. The van der Waals surface area contributed by atoms with Gasteiger partial charge in [-0.25, -0.2) is 0 Å². The van der Waals surface area contributed by atoms with Crippen LogP contribution in [0.25, 0.3) is 0 Å². The van der Waals surface area contributed by atoms with E-state index in [1.54, 1.807) is 46.9 Å². The van der Waals surface area contributed by atoms with Gasteiger partial charge in [0.05, 0.1) is 19.1 Å². The molecule has 28 heavy (non-hydrogen) atoms. The normalized spacial score (nSPS) is 17.5. The average molecular weight is 405 g/mol. The van der Waals surface area contributed by atoms with Crippen molar-refractivity contribution in [1.29, 1.82) is 0 Å². The third-order valence-corrected chi connectivity index (χ3v) is 5.56. The van der Waals surface area contributed by atoms with E-state index in [1.165, 1.54) is 7.11 Å². The maximum absolute atomic E-state index is 12.9. The highest BCUT2D eigenvalue weighted by atomic mass is 35.5. The van der Waals surface area contributed by atoms with Crippen LogP contribution in [-0.2, 0) is 11.8 Å². The number of ether oxygens (including phenoxy) is 1. The van der Waals surface area contributed by atoms with E-state index in [9.17, 15) is 9.59 Å². The molecule has 0 spiro atoms. The topological polar surface area (TPSA) is 67.7 Å². The number of halogens is 1. The minimum atomic E-state index is -0.273. The van der Waals surface area contributed by atoms with Crippen molar-refractivity contribution in [3.05, 3.63) is 46.6 Å². The number of aryl methyl sites for hydroxylation is 1. The molecule has 1 saturated heterocycles. The third-order valence-electron chi connectivity index (χ3n) is 5.31. The Hall–Kier alpha value is -2.54. The van der Waals surface area contributed by atoms with Gasteiger partial charge in [-0.1, -0.05) is 23.7 Å². The molecular weight excluding hydrogens is 380 g/mol. The molecule has 0 N–H and O–H groups in total. The van der Waals surface area contributed by atoms with Crippen LogP contribution in [-0.4, -0.2) is 64.7 Å². The number of hydrogen-bond acceptors (Lipinski definition) is 4. The SMILES string of the molecule is COc1nn(C)cc1C(=O)N1CCC(N(C)C(=O)C(C)c2ccc(Cl)cc2)C1. The number of hydrogen-bond donors (Lipinski definition) is 0. The fourth-order valence-corrected chi connectivity index (χ4v) is 3.68. The number of aromatic nitrogens is 2. The summed E-state index contributed by atoms with van der Waals surface area (Å²) in [5, 5.41) is 4.79. The van der Waals surface area contributed by atoms with Crippen LogP contribution in [0.5, 0.6) is 5.88 Å². The zero-order chi connectivity index (χ0) is 20.4. The van der Waals surface area contributed by atoms with E-state index in [4.69, 9.17) is 16.3 Å². The van der Waals surface area contributed by atoms with E-state index < -0.39 is 0 Å². The molecule has 7 nitrogen and oxygen atoms in total. The van der Waals surface area contributed by atoms with Crippen LogP contribution in [0.2, 0.25) is 5.02 Å². The second-order valence-corrected chi connectivity index (χ2v) is 7.58. The number of rotatable bonds is 5.